The normalized spacial score (nSPS) is 29.4. The summed E-state index contributed by atoms with van der Waals surface area (Å²) in [6.45, 7) is 0.705. The van der Waals surface area contributed by atoms with Crippen LogP contribution in [0.15, 0.2) is 0 Å². The van der Waals surface area contributed by atoms with Gasteiger partial charge in [-0.2, -0.15) is 0 Å². The predicted octanol–water partition coefficient (Wildman–Crippen LogP) is -0.981. The molecular formula is C4H8N2O2. The Hall–Kier alpha value is -0.610. The number of aliphatic carboxylic acids is 1. The average molecular weight is 116 g/mol. The number of hydrogen-bond acceptors (Lipinski definition) is 3. The van der Waals surface area contributed by atoms with Crippen LogP contribution in [0.1, 0.15) is 6.42 Å². The molecule has 0 saturated carbocycles. The number of nitrogens with two attached hydrogens (primary N) is 1. The van der Waals surface area contributed by atoms with Gasteiger partial charge in [0.25, 0.3) is 0 Å². The molecule has 0 aromatic rings. The smallest absolute Gasteiger partial charge is 0.322 e. The summed E-state index contributed by atoms with van der Waals surface area (Å²) in [6, 6.07) is -0.421. The second-order valence-corrected chi connectivity index (χ2v) is 1.88. The van der Waals surface area contributed by atoms with Crippen LogP contribution in [0.4, 0.5) is 0 Å². The fourth-order valence-corrected chi connectivity index (χ4v) is 0.673. The number of carboxylic acid groups (broad SMARTS) is 1. The monoisotopic (exact) mass is 116 g/mol. The van der Waals surface area contributed by atoms with Crippen molar-refractivity contribution in [2.75, 3.05) is 6.54 Å². The van der Waals surface area contributed by atoms with Crippen LogP contribution in [0.2, 0.25) is 0 Å². The van der Waals surface area contributed by atoms with Gasteiger partial charge in [-0.25, -0.2) is 5.01 Å². The molecule has 0 aliphatic carbocycles. The third kappa shape index (κ3) is 0.677. The van der Waals surface area contributed by atoms with Crippen LogP contribution in [0.25, 0.3) is 0 Å². The Morgan fingerprint density at radius 1 is 1.88 bits per heavy atom. The molecule has 0 aromatic heterocycles. The van der Waals surface area contributed by atoms with Gasteiger partial charge < -0.3 is 5.11 Å². The Kier molecular flexibility index (Phi) is 1.19. The SMILES string of the molecule is NN1CC[C@@H]1C(=O)O. The summed E-state index contributed by atoms with van der Waals surface area (Å²) in [6.07, 6.45) is 0.686. The van der Waals surface area contributed by atoms with Gasteiger partial charge in [0.1, 0.15) is 6.04 Å². The Bertz CT molecular complexity index is 115. The van der Waals surface area contributed by atoms with Gasteiger partial charge in [-0.3, -0.25) is 10.6 Å². The molecule has 1 fully saturated rings. The zero-order valence-corrected chi connectivity index (χ0v) is 4.37. The third-order valence-electron chi connectivity index (χ3n) is 1.35. The molecule has 1 aliphatic heterocycles. The van der Waals surface area contributed by atoms with Crippen LogP contribution in [-0.4, -0.2) is 28.7 Å². The Morgan fingerprint density at radius 2 is 2.50 bits per heavy atom. The minimum Gasteiger partial charge on any atom is -0.480 e. The highest BCUT2D eigenvalue weighted by atomic mass is 16.4. The maximum atomic E-state index is 10.1. The van der Waals surface area contributed by atoms with E-state index in [4.69, 9.17) is 10.9 Å². The fourth-order valence-electron chi connectivity index (χ4n) is 0.673. The zero-order chi connectivity index (χ0) is 6.15. The molecule has 1 saturated heterocycles. The second-order valence-electron chi connectivity index (χ2n) is 1.88. The largest absolute Gasteiger partial charge is 0.480 e. The number of carbonyl (C=O) groups is 1. The van der Waals surface area contributed by atoms with Crippen molar-refractivity contribution in [1.82, 2.24) is 5.01 Å². The number of nitrogens with zero attached hydrogens (tertiary/aromatic N) is 1. The molecular weight excluding hydrogens is 108 g/mol. The first-order chi connectivity index (χ1) is 3.72. The Labute approximate surface area is 46.9 Å². The van der Waals surface area contributed by atoms with E-state index in [9.17, 15) is 4.79 Å². The molecule has 4 heteroatoms. The minimum atomic E-state index is -0.821. The summed E-state index contributed by atoms with van der Waals surface area (Å²) >= 11 is 0. The highest BCUT2D eigenvalue weighted by molar-refractivity contribution is 5.74. The lowest BCUT2D eigenvalue weighted by Crippen LogP contribution is -2.56. The van der Waals surface area contributed by atoms with E-state index in [1.54, 1.807) is 0 Å². The molecule has 8 heavy (non-hydrogen) atoms. The van der Waals surface area contributed by atoms with Crippen molar-refractivity contribution < 1.29 is 9.90 Å². The van der Waals surface area contributed by atoms with Gasteiger partial charge in [0.05, 0.1) is 0 Å². The summed E-state index contributed by atoms with van der Waals surface area (Å²) < 4.78 is 0. The molecule has 1 aliphatic rings. The van der Waals surface area contributed by atoms with E-state index in [2.05, 4.69) is 0 Å². The summed E-state index contributed by atoms with van der Waals surface area (Å²) in [5.74, 6) is 4.36. The van der Waals surface area contributed by atoms with Gasteiger partial charge in [-0.15, -0.1) is 0 Å². The summed E-state index contributed by atoms with van der Waals surface area (Å²) in [5, 5.41) is 9.60. The average Bonchev–Trinajstić information content (AvgIpc) is 1.61. The van der Waals surface area contributed by atoms with Gasteiger partial charge in [0.15, 0.2) is 0 Å². The standard InChI is InChI=1S/C4H8N2O2/c5-6-2-1-3(6)4(7)8/h3H,1-2,5H2,(H,7,8)/t3-/m1/s1. The van der Waals surface area contributed by atoms with E-state index in [0.29, 0.717) is 13.0 Å². The van der Waals surface area contributed by atoms with E-state index in [0.717, 1.165) is 0 Å². The van der Waals surface area contributed by atoms with Crippen molar-refractivity contribution in [3.8, 4) is 0 Å². The maximum absolute atomic E-state index is 10.1. The lowest BCUT2D eigenvalue weighted by atomic mass is 10.1. The molecule has 46 valence electrons. The lowest BCUT2D eigenvalue weighted by Gasteiger charge is -2.33. The topological polar surface area (TPSA) is 66.6 Å². The second kappa shape index (κ2) is 1.72. The van der Waals surface area contributed by atoms with Gasteiger partial charge in [-0.05, 0) is 6.42 Å². The first-order valence-corrected chi connectivity index (χ1v) is 2.46. The van der Waals surface area contributed by atoms with Crippen molar-refractivity contribution in [3.63, 3.8) is 0 Å². The van der Waals surface area contributed by atoms with Gasteiger partial charge >= 0.3 is 5.97 Å². The van der Waals surface area contributed by atoms with Gasteiger partial charge in [-0.1, -0.05) is 0 Å². The van der Waals surface area contributed by atoms with Gasteiger partial charge in [0.2, 0.25) is 0 Å². The van der Waals surface area contributed by atoms with Crippen LogP contribution < -0.4 is 5.84 Å². The maximum Gasteiger partial charge on any atom is 0.322 e. The van der Waals surface area contributed by atoms with Crippen molar-refractivity contribution >= 4 is 5.97 Å². The lowest BCUT2D eigenvalue weighted by molar-refractivity contribution is -0.148. The molecule has 1 rings (SSSR count). The van der Waals surface area contributed by atoms with E-state index < -0.39 is 12.0 Å². The van der Waals surface area contributed by atoms with Crippen LogP contribution in [0.5, 0.6) is 0 Å². The molecule has 0 amide bonds. The van der Waals surface area contributed by atoms with Crippen LogP contribution in [0.3, 0.4) is 0 Å². The Morgan fingerprint density at radius 3 is 2.50 bits per heavy atom. The summed E-state index contributed by atoms with van der Waals surface area (Å²) in [4.78, 5) is 10.1. The van der Waals surface area contributed by atoms with Crippen molar-refractivity contribution in [2.24, 2.45) is 5.84 Å². The first kappa shape index (κ1) is 5.53. The van der Waals surface area contributed by atoms with Crippen molar-refractivity contribution in [2.45, 2.75) is 12.5 Å². The quantitative estimate of drug-likeness (QED) is 0.432. The number of hydrogen-bond donors (Lipinski definition) is 2. The Balaban J connectivity index is 2.37. The third-order valence-corrected chi connectivity index (χ3v) is 1.35. The number of hydrazine groups is 1. The minimum absolute atomic E-state index is 0.421. The molecule has 0 unspecified atom stereocenters. The molecule has 0 aromatic carbocycles. The highest BCUT2D eigenvalue weighted by Crippen LogP contribution is 2.10. The summed E-state index contributed by atoms with van der Waals surface area (Å²) in [5.41, 5.74) is 0. The zero-order valence-electron chi connectivity index (χ0n) is 4.37. The van der Waals surface area contributed by atoms with Crippen LogP contribution in [-0.2, 0) is 4.79 Å². The van der Waals surface area contributed by atoms with Crippen LogP contribution in [0, 0.1) is 0 Å². The van der Waals surface area contributed by atoms with E-state index in [1.807, 2.05) is 0 Å². The molecule has 1 atom stereocenters. The highest BCUT2D eigenvalue weighted by Gasteiger charge is 2.31. The predicted molar refractivity (Wildman–Crippen MR) is 26.9 cm³/mol. The van der Waals surface area contributed by atoms with Crippen molar-refractivity contribution in [1.29, 1.82) is 0 Å². The van der Waals surface area contributed by atoms with E-state index >= 15 is 0 Å². The van der Waals surface area contributed by atoms with Crippen LogP contribution >= 0.6 is 0 Å². The molecule has 0 bridgehead atoms. The first-order valence-electron chi connectivity index (χ1n) is 2.46. The van der Waals surface area contributed by atoms with E-state index in [-0.39, 0.29) is 0 Å². The molecule has 0 radical (unpaired) electrons. The molecule has 4 nitrogen and oxygen atoms in total. The van der Waals surface area contributed by atoms with Gasteiger partial charge in [0, 0.05) is 6.54 Å². The molecule has 3 N–H and O–H groups in total. The number of rotatable bonds is 1. The fraction of sp³-hybridized carbons (Fsp3) is 0.750. The molecule has 1 heterocycles. The van der Waals surface area contributed by atoms with E-state index in [1.165, 1.54) is 5.01 Å². The summed E-state index contributed by atoms with van der Waals surface area (Å²) in [7, 11) is 0. The van der Waals surface area contributed by atoms with Crippen molar-refractivity contribution in [3.05, 3.63) is 0 Å². The number of carboxylic acids is 1. The molecule has 0 spiro atoms.